The van der Waals surface area contributed by atoms with Crippen molar-refractivity contribution >= 4 is 5.97 Å². The summed E-state index contributed by atoms with van der Waals surface area (Å²) in [5.41, 5.74) is 3.59. The third-order valence-electron chi connectivity index (χ3n) is 4.91. The van der Waals surface area contributed by atoms with E-state index in [0.717, 1.165) is 17.9 Å². The Morgan fingerprint density at radius 1 is 1.26 bits per heavy atom. The zero-order valence-corrected chi connectivity index (χ0v) is 11.8. The van der Waals surface area contributed by atoms with E-state index in [-0.39, 0.29) is 11.9 Å². The van der Waals surface area contributed by atoms with Crippen LogP contribution in [0.4, 0.5) is 0 Å². The van der Waals surface area contributed by atoms with Gasteiger partial charge in [0.1, 0.15) is 6.61 Å². The Labute approximate surface area is 115 Å². The SMILES string of the molecule is Cc1ccc(COC(=O)C2CC3CCC2C3)c(C)c1. The molecule has 0 aliphatic heterocycles. The number of hydrogen-bond acceptors (Lipinski definition) is 2. The summed E-state index contributed by atoms with van der Waals surface area (Å²) < 4.78 is 5.55. The van der Waals surface area contributed by atoms with Gasteiger partial charge >= 0.3 is 5.97 Å². The molecule has 1 aromatic rings. The molecule has 0 aromatic heterocycles. The second-order valence-electron chi connectivity index (χ2n) is 6.32. The van der Waals surface area contributed by atoms with E-state index in [9.17, 15) is 4.79 Å². The molecule has 3 rings (SSSR count). The summed E-state index contributed by atoms with van der Waals surface area (Å²) in [6, 6.07) is 6.28. The highest BCUT2D eigenvalue weighted by atomic mass is 16.5. The molecule has 2 aliphatic rings. The third-order valence-corrected chi connectivity index (χ3v) is 4.91. The Hall–Kier alpha value is -1.31. The van der Waals surface area contributed by atoms with Gasteiger partial charge in [-0.25, -0.2) is 0 Å². The summed E-state index contributed by atoms with van der Waals surface area (Å²) in [4.78, 5) is 12.2. The van der Waals surface area contributed by atoms with Crippen LogP contribution in [0.3, 0.4) is 0 Å². The van der Waals surface area contributed by atoms with Crippen LogP contribution in [0.1, 0.15) is 42.4 Å². The van der Waals surface area contributed by atoms with Crippen molar-refractivity contribution in [1.82, 2.24) is 0 Å². The minimum absolute atomic E-state index is 0.0344. The summed E-state index contributed by atoms with van der Waals surface area (Å²) in [6.45, 7) is 4.59. The first-order valence-corrected chi connectivity index (χ1v) is 7.36. The predicted molar refractivity (Wildman–Crippen MR) is 74.7 cm³/mol. The maximum atomic E-state index is 12.2. The fraction of sp³-hybridized carbons (Fsp3) is 0.588. The lowest BCUT2D eigenvalue weighted by Crippen LogP contribution is -2.23. The molecule has 0 radical (unpaired) electrons. The second-order valence-corrected chi connectivity index (χ2v) is 6.32. The lowest BCUT2D eigenvalue weighted by Gasteiger charge is -2.20. The largest absolute Gasteiger partial charge is 0.461 e. The van der Waals surface area contributed by atoms with E-state index < -0.39 is 0 Å². The van der Waals surface area contributed by atoms with E-state index in [1.165, 1.54) is 30.4 Å². The highest BCUT2D eigenvalue weighted by Crippen LogP contribution is 2.48. The summed E-state index contributed by atoms with van der Waals surface area (Å²) in [5, 5.41) is 0. The molecular weight excluding hydrogens is 236 g/mol. The summed E-state index contributed by atoms with van der Waals surface area (Å²) in [6.07, 6.45) is 4.87. The Morgan fingerprint density at radius 2 is 2.11 bits per heavy atom. The van der Waals surface area contributed by atoms with Gasteiger partial charge < -0.3 is 4.74 Å². The lowest BCUT2D eigenvalue weighted by atomic mass is 9.89. The van der Waals surface area contributed by atoms with Crippen molar-refractivity contribution in [2.24, 2.45) is 17.8 Å². The zero-order valence-electron chi connectivity index (χ0n) is 11.8. The number of fused-ring (bicyclic) bond motifs is 2. The Kier molecular flexibility index (Phi) is 3.34. The van der Waals surface area contributed by atoms with Gasteiger partial charge in [0.15, 0.2) is 0 Å². The van der Waals surface area contributed by atoms with E-state index in [2.05, 4.69) is 32.0 Å². The fourth-order valence-electron chi connectivity index (χ4n) is 3.80. The first-order valence-electron chi connectivity index (χ1n) is 7.36. The molecule has 2 nitrogen and oxygen atoms in total. The highest BCUT2D eigenvalue weighted by molar-refractivity contribution is 5.73. The average Bonchev–Trinajstić information content (AvgIpc) is 2.99. The molecule has 0 N–H and O–H groups in total. The number of benzene rings is 1. The van der Waals surface area contributed by atoms with E-state index in [1.54, 1.807) is 0 Å². The molecule has 0 saturated heterocycles. The monoisotopic (exact) mass is 258 g/mol. The summed E-state index contributed by atoms with van der Waals surface area (Å²) >= 11 is 0. The Balaban J connectivity index is 1.58. The number of carbonyl (C=O) groups is 1. The van der Waals surface area contributed by atoms with Crippen LogP contribution in [0.2, 0.25) is 0 Å². The second kappa shape index (κ2) is 4.99. The van der Waals surface area contributed by atoms with Gasteiger partial charge in [0.05, 0.1) is 5.92 Å². The standard InChI is InChI=1S/C17H22O2/c1-11-3-5-15(12(2)7-11)10-19-17(18)16-9-13-4-6-14(16)8-13/h3,5,7,13-14,16H,4,6,8-10H2,1-2H3. The molecular formula is C17H22O2. The van der Waals surface area contributed by atoms with Gasteiger partial charge in [0.25, 0.3) is 0 Å². The van der Waals surface area contributed by atoms with Crippen LogP contribution in [-0.4, -0.2) is 5.97 Å². The van der Waals surface area contributed by atoms with Gasteiger partial charge in [-0.15, -0.1) is 0 Å². The van der Waals surface area contributed by atoms with Crippen molar-refractivity contribution in [2.75, 3.05) is 0 Å². The minimum atomic E-state index is 0.0344. The third kappa shape index (κ3) is 2.54. The molecule has 2 fully saturated rings. The molecule has 0 heterocycles. The molecule has 3 atom stereocenters. The maximum absolute atomic E-state index is 12.2. The molecule has 3 unspecified atom stereocenters. The van der Waals surface area contributed by atoms with Gasteiger partial charge in [-0.2, -0.15) is 0 Å². The topological polar surface area (TPSA) is 26.3 Å². The molecule has 2 saturated carbocycles. The maximum Gasteiger partial charge on any atom is 0.309 e. The van der Waals surface area contributed by atoms with E-state index in [0.29, 0.717) is 12.5 Å². The van der Waals surface area contributed by atoms with Crippen LogP contribution in [0.25, 0.3) is 0 Å². The van der Waals surface area contributed by atoms with Crippen molar-refractivity contribution in [3.8, 4) is 0 Å². The Bertz CT molecular complexity index is 492. The van der Waals surface area contributed by atoms with Crippen molar-refractivity contribution in [3.05, 3.63) is 34.9 Å². The average molecular weight is 258 g/mol. The van der Waals surface area contributed by atoms with Gasteiger partial charge in [-0.05, 0) is 56.1 Å². The summed E-state index contributed by atoms with van der Waals surface area (Å²) in [5.74, 6) is 1.62. The van der Waals surface area contributed by atoms with Crippen molar-refractivity contribution in [2.45, 2.75) is 46.1 Å². The molecule has 2 aliphatic carbocycles. The fourth-order valence-corrected chi connectivity index (χ4v) is 3.80. The van der Waals surface area contributed by atoms with Crippen LogP contribution in [0, 0.1) is 31.6 Å². The quantitative estimate of drug-likeness (QED) is 0.771. The number of rotatable bonds is 3. The normalized spacial score (nSPS) is 28.6. The van der Waals surface area contributed by atoms with E-state index >= 15 is 0 Å². The number of hydrogen-bond donors (Lipinski definition) is 0. The van der Waals surface area contributed by atoms with Gasteiger partial charge in [0, 0.05) is 0 Å². The van der Waals surface area contributed by atoms with Crippen molar-refractivity contribution < 1.29 is 9.53 Å². The number of carbonyl (C=O) groups excluding carboxylic acids is 1. The van der Waals surface area contributed by atoms with Crippen molar-refractivity contribution in [1.29, 1.82) is 0 Å². The molecule has 1 aromatic carbocycles. The predicted octanol–water partition coefficient (Wildman–Crippen LogP) is 3.78. The lowest BCUT2D eigenvalue weighted by molar-refractivity contribution is -0.151. The first-order chi connectivity index (χ1) is 9.13. The van der Waals surface area contributed by atoms with Gasteiger partial charge in [-0.3, -0.25) is 4.79 Å². The number of aryl methyl sites for hydroxylation is 2. The first kappa shape index (κ1) is 12.7. The van der Waals surface area contributed by atoms with Crippen LogP contribution < -0.4 is 0 Å². The highest BCUT2D eigenvalue weighted by Gasteiger charge is 2.43. The Morgan fingerprint density at radius 3 is 2.74 bits per heavy atom. The molecule has 2 bridgehead atoms. The number of esters is 1. The van der Waals surface area contributed by atoms with Crippen LogP contribution >= 0.6 is 0 Å². The van der Waals surface area contributed by atoms with Crippen LogP contribution in [-0.2, 0) is 16.1 Å². The molecule has 2 heteroatoms. The molecule has 0 spiro atoms. The van der Waals surface area contributed by atoms with Crippen molar-refractivity contribution in [3.63, 3.8) is 0 Å². The molecule has 19 heavy (non-hydrogen) atoms. The van der Waals surface area contributed by atoms with Gasteiger partial charge in [0.2, 0.25) is 0 Å². The van der Waals surface area contributed by atoms with E-state index in [4.69, 9.17) is 4.74 Å². The number of ether oxygens (including phenoxy) is 1. The summed E-state index contributed by atoms with van der Waals surface area (Å²) in [7, 11) is 0. The molecule has 0 amide bonds. The van der Waals surface area contributed by atoms with Gasteiger partial charge in [-0.1, -0.05) is 30.2 Å². The zero-order chi connectivity index (χ0) is 13.4. The van der Waals surface area contributed by atoms with E-state index in [1.807, 2.05) is 0 Å². The van der Waals surface area contributed by atoms with Crippen LogP contribution in [0.5, 0.6) is 0 Å². The van der Waals surface area contributed by atoms with Crippen LogP contribution in [0.15, 0.2) is 18.2 Å². The molecule has 102 valence electrons. The smallest absolute Gasteiger partial charge is 0.309 e. The minimum Gasteiger partial charge on any atom is -0.461 e.